The van der Waals surface area contributed by atoms with E-state index in [1.54, 1.807) is 0 Å². The predicted octanol–water partition coefficient (Wildman–Crippen LogP) is 5.02. The SMILES string of the molecule is Cc1ccc2c(ccn2CC(=O)Nc2c(C)cccc2C(C)C)c1. The molecule has 0 aliphatic carbocycles. The Hall–Kier alpha value is -2.55. The van der Waals surface area contributed by atoms with Gasteiger partial charge >= 0.3 is 0 Å². The van der Waals surface area contributed by atoms with Crippen LogP contribution in [0.2, 0.25) is 0 Å². The van der Waals surface area contributed by atoms with Crippen LogP contribution in [0.4, 0.5) is 5.69 Å². The predicted molar refractivity (Wildman–Crippen MR) is 101 cm³/mol. The minimum absolute atomic E-state index is 0.00396. The van der Waals surface area contributed by atoms with E-state index in [0.717, 1.165) is 16.8 Å². The number of rotatable bonds is 4. The van der Waals surface area contributed by atoms with E-state index in [4.69, 9.17) is 0 Å². The Kier molecular flexibility index (Phi) is 4.43. The summed E-state index contributed by atoms with van der Waals surface area (Å²) >= 11 is 0. The fraction of sp³-hybridized carbons (Fsp3) is 0.286. The van der Waals surface area contributed by atoms with Gasteiger partial charge in [-0.1, -0.05) is 43.7 Å². The molecule has 1 heterocycles. The standard InChI is InChI=1S/C21H24N2O/c1-14(2)18-7-5-6-16(4)21(18)22-20(24)13-23-11-10-17-12-15(3)8-9-19(17)23/h5-12,14H,13H2,1-4H3,(H,22,24). The molecule has 1 amide bonds. The highest BCUT2D eigenvalue weighted by molar-refractivity contribution is 5.93. The van der Waals surface area contributed by atoms with Gasteiger partial charge in [-0.2, -0.15) is 0 Å². The number of aromatic nitrogens is 1. The lowest BCUT2D eigenvalue weighted by molar-refractivity contribution is -0.116. The average Bonchev–Trinajstić information content (AvgIpc) is 2.91. The molecule has 0 atom stereocenters. The lowest BCUT2D eigenvalue weighted by Crippen LogP contribution is -2.20. The highest BCUT2D eigenvalue weighted by Gasteiger charge is 2.13. The van der Waals surface area contributed by atoms with Gasteiger partial charge in [-0.3, -0.25) is 4.79 Å². The monoisotopic (exact) mass is 320 g/mol. The van der Waals surface area contributed by atoms with Crippen molar-refractivity contribution in [1.82, 2.24) is 4.57 Å². The van der Waals surface area contributed by atoms with E-state index in [-0.39, 0.29) is 5.91 Å². The Balaban J connectivity index is 1.83. The molecule has 2 aromatic carbocycles. The number of para-hydroxylation sites is 1. The largest absolute Gasteiger partial charge is 0.338 e. The van der Waals surface area contributed by atoms with Gasteiger partial charge in [0.1, 0.15) is 6.54 Å². The molecule has 124 valence electrons. The van der Waals surface area contributed by atoms with E-state index < -0.39 is 0 Å². The molecule has 3 aromatic rings. The zero-order chi connectivity index (χ0) is 17.3. The van der Waals surface area contributed by atoms with Crippen molar-refractivity contribution in [2.24, 2.45) is 0 Å². The third-order valence-electron chi connectivity index (χ3n) is 4.43. The fourth-order valence-corrected chi connectivity index (χ4v) is 3.13. The molecule has 0 saturated heterocycles. The van der Waals surface area contributed by atoms with Crippen molar-refractivity contribution < 1.29 is 4.79 Å². The number of amides is 1. The zero-order valence-corrected chi connectivity index (χ0v) is 14.8. The first-order valence-corrected chi connectivity index (χ1v) is 8.40. The first-order chi connectivity index (χ1) is 11.5. The van der Waals surface area contributed by atoms with Crippen molar-refractivity contribution in [3.63, 3.8) is 0 Å². The van der Waals surface area contributed by atoms with Crippen LogP contribution in [0.15, 0.2) is 48.7 Å². The van der Waals surface area contributed by atoms with Crippen LogP contribution in [0.1, 0.15) is 36.5 Å². The van der Waals surface area contributed by atoms with Gasteiger partial charge in [0, 0.05) is 17.4 Å². The van der Waals surface area contributed by atoms with Crippen molar-refractivity contribution in [1.29, 1.82) is 0 Å². The topological polar surface area (TPSA) is 34.0 Å². The lowest BCUT2D eigenvalue weighted by atomic mass is 9.98. The number of nitrogens with zero attached hydrogens (tertiary/aromatic N) is 1. The summed E-state index contributed by atoms with van der Waals surface area (Å²) < 4.78 is 2.00. The second-order valence-electron chi connectivity index (χ2n) is 6.75. The van der Waals surface area contributed by atoms with Gasteiger partial charge in [-0.25, -0.2) is 0 Å². The Morgan fingerprint density at radius 2 is 1.92 bits per heavy atom. The quantitative estimate of drug-likeness (QED) is 0.719. The maximum Gasteiger partial charge on any atom is 0.244 e. The number of carbonyl (C=O) groups excluding carboxylic acids is 1. The molecule has 3 nitrogen and oxygen atoms in total. The molecule has 3 rings (SSSR count). The molecular formula is C21H24N2O. The van der Waals surface area contributed by atoms with Crippen LogP contribution in [0.25, 0.3) is 10.9 Å². The third kappa shape index (κ3) is 3.21. The second kappa shape index (κ2) is 6.52. The van der Waals surface area contributed by atoms with E-state index >= 15 is 0 Å². The van der Waals surface area contributed by atoms with Crippen LogP contribution in [0.3, 0.4) is 0 Å². The van der Waals surface area contributed by atoms with Crippen LogP contribution in [-0.4, -0.2) is 10.5 Å². The van der Waals surface area contributed by atoms with Crippen LogP contribution in [-0.2, 0) is 11.3 Å². The number of hydrogen-bond acceptors (Lipinski definition) is 1. The first-order valence-electron chi connectivity index (χ1n) is 8.40. The van der Waals surface area contributed by atoms with E-state index in [1.807, 2.05) is 29.8 Å². The summed E-state index contributed by atoms with van der Waals surface area (Å²) in [6.45, 7) is 8.72. The molecule has 1 N–H and O–H groups in total. The minimum Gasteiger partial charge on any atom is -0.338 e. The van der Waals surface area contributed by atoms with Crippen molar-refractivity contribution in [3.05, 3.63) is 65.4 Å². The normalized spacial score (nSPS) is 11.2. The lowest BCUT2D eigenvalue weighted by Gasteiger charge is -2.17. The van der Waals surface area contributed by atoms with E-state index in [9.17, 15) is 4.79 Å². The maximum absolute atomic E-state index is 12.6. The first kappa shape index (κ1) is 16.3. The molecule has 0 spiro atoms. The second-order valence-corrected chi connectivity index (χ2v) is 6.75. The molecule has 1 aromatic heterocycles. The number of carbonyl (C=O) groups is 1. The van der Waals surface area contributed by atoms with Crippen molar-refractivity contribution in [3.8, 4) is 0 Å². The van der Waals surface area contributed by atoms with E-state index in [2.05, 4.69) is 56.4 Å². The van der Waals surface area contributed by atoms with Gasteiger partial charge in [-0.05, 0) is 54.5 Å². The average molecular weight is 320 g/mol. The molecule has 0 bridgehead atoms. The molecule has 24 heavy (non-hydrogen) atoms. The molecular weight excluding hydrogens is 296 g/mol. The molecule has 0 fully saturated rings. The Morgan fingerprint density at radius 3 is 2.67 bits per heavy atom. The van der Waals surface area contributed by atoms with Gasteiger partial charge in [-0.15, -0.1) is 0 Å². The van der Waals surface area contributed by atoms with Gasteiger partial charge in [0.25, 0.3) is 0 Å². The minimum atomic E-state index is 0.00396. The number of nitrogens with one attached hydrogen (secondary N) is 1. The molecule has 0 aliphatic rings. The zero-order valence-electron chi connectivity index (χ0n) is 14.8. The number of fused-ring (bicyclic) bond motifs is 1. The molecule has 0 aliphatic heterocycles. The summed E-state index contributed by atoms with van der Waals surface area (Å²) in [4.78, 5) is 12.6. The molecule has 3 heteroatoms. The van der Waals surface area contributed by atoms with E-state index in [0.29, 0.717) is 12.5 Å². The van der Waals surface area contributed by atoms with Crippen LogP contribution in [0.5, 0.6) is 0 Å². The molecule has 0 saturated carbocycles. The maximum atomic E-state index is 12.6. The van der Waals surface area contributed by atoms with Gasteiger partial charge in [0.15, 0.2) is 0 Å². The van der Waals surface area contributed by atoms with Gasteiger partial charge < -0.3 is 9.88 Å². The third-order valence-corrected chi connectivity index (χ3v) is 4.43. The number of benzene rings is 2. The van der Waals surface area contributed by atoms with Crippen molar-refractivity contribution in [2.75, 3.05) is 5.32 Å². The summed E-state index contributed by atoms with van der Waals surface area (Å²) in [6, 6.07) is 14.5. The van der Waals surface area contributed by atoms with Crippen LogP contribution in [0, 0.1) is 13.8 Å². The number of anilines is 1. The smallest absolute Gasteiger partial charge is 0.244 e. The summed E-state index contributed by atoms with van der Waals surface area (Å²) in [5.41, 5.74) is 5.54. The summed E-state index contributed by atoms with van der Waals surface area (Å²) in [5, 5.41) is 4.28. The summed E-state index contributed by atoms with van der Waals surface area (Å²) in [7, 11) is 0. The van der Waals surface area contributed by atoms with Gasteiger partial charge in [0.2, 0.25) is 5.91 Å². The molecule has 0 unspecified atom stereocenters. The summed E-state index contributed by atoms with van der Waals surface area (Å²) in [5.74, 6) is 0.375. The Morgan fingerprint density at radius 1 is 1.12 bits per heavy atom. The highest BCUT2D eigenvalue weighted by atomic mass is 16.1. The van der Waals surface area contributed by atoms with Gasteiger partial charge in [0.05, 0.1) is 0 Å². The number of aryl methyl sites for hydroxylation is 2. The Bertz CT molecular complexity index is 890. The van der Waals surface area contributed by atoms with Crippen molar-refractivity contribution >= 4 is 22.5 Å². The summed E-state index contributed by atoms with van der Waals surface area (Å²) in [6.07, 6.45) is 1.98. The van der Waals surface area contributed by atoms with E-state index in [1.165, 1.54) is 16.5 Å². The number of hydrogen-bond donors (Lipinski definition) is 1. The van der Waals surface area contributed by atoms with Crippen molar-refractivity contribution in [2.45, 2.75) is 40.2 Å². The Labute approximate surface area is 143 Å². The van der Waals surface area contributed by atoms with Crippen LogP contribution >= 0.6 is 0 Å². The fourth-order valence-electron chi connectivity index (χ4n) is 3.13. The highest BCUT2D eigenvalue weighted by Crippen LogP contribution is 2.27. The van der Waals surface area contributed by atoms with Crippen LogP contribution < -0.4 is 5.32 Å². The molecule has 0 radical (unpaired) electrons.